The lowest BCUT2D eigenvalue weighted by Crippen LogP contribution is -2.48. The fourth-order valence-electron chi connectivity index (χ4n) is 4.34. The molecule has 0 saturated carbocycles. The monoisotopic (exact) mass is 448 g/mol. The molecular weight excluding hydrogens is 423 g/mol. The van der Waals surface area contributed by atoms with Crippen LogP contribution in [0.5, 0.6) is 5.75 Å². The fraction of sp³-hybridized carbons (Fsp3) is 0.476. The number of likely N-dealkylation sites (tertiary alicyclic amines) is 1. The van der Waals surface area contributed by atoms with Crippen LogP contribution in [0.15, 0.2) is 12.4 Å². The van der Waals surface area contributed by atoms with Gasteiger partial charge in [0.2, 0.25) is 0 Å². The van der Waals surface area contributed by atoms with Gasteiger partial charge < -0.3 is 15.6 Å². The van der Waals surface area contributed by atoms with Crippen molar-refractivity contribution < 1.29 is 14.2 Å². The van der Waals surface area contributed by atoms with E-state index in [1.807, 2.05) is 6.92 Å². The van der Waals surface area contributed by atoms with Crippen molar-refractivity contribution in [1.82, 2.24) is 24.6 Å². The van der Waals surface area contributed by atoms with Gasteiger partial charge in [-0.05, 0) is 31.9 Å². The number of rotatable bonds is 7. The predicted molar refractivity (Wildman–Crippen MR) is 117 cm³/mol. The van der Waals surface area contributed by atoms with Gasteiger partial charge in [0.15, 0.2) is 5.65 Å². The third kappa shape index (κ3) is 4.05. The van der Waals surface area contributed by atoms with Crippen LogP contribution in [0.1, 0.15) is 29.7 Å². The summed E-state index contributed by atoms with van der Waals surface area (Å²) < 4.78 is 22.4. The van der Waals surface area contributed by atoms with E-state index in [9.17, 15) is 9.50 Å². The zero-order valence-corrected chi connectivity index (χ0v) is 18.5. The molecule has 2 aromatic heterocycles. The van der Waals surface area contributed by atoms with Crippen LogP contribution in [-0.4, -0.2) is 62.6 Å². The normalized spacial score (nSPS) is 15.9. The minimum atomic E-state index is -0.440. The first-order valence-corrected chi connectivity index (χ1v) is 10.6. The van der Waals surface area contributed by atoms with Gasteiger partial charge in [-0.2, -0.15) is 5.10 Å². The second kappa shape index (κ2) is 8.57. The van der Waals surface area contributed by atoms with Crippen LogP contribution >= 0.6 is 11.6 Å². The number of aryl methyl sites for hydroxylation is 3. The summed E-state index contributed by atoms with van der Waals surface area (Å²) in [6, 6.07) is 1.62. The largest absolute Gasteiger partial charge is 0.496 e. The number of aliphatic hydroxyl groups excluding tert-OH is 1. The van der Waals surface area contributed by atoms with Crippen molar-refractivity contribution in [3.05, 3.63) is 40.1 Å². The predicted octanol–water partition coefficient (Wildman–Crippen LogP) is 2.54. The summed E-state index contributed by atoms with van der Waals surface area (Å²) in [5, 5.41) is 14.9. The molecule has 0 radical (unpaired) electrons. The van der Waals surface area contributed by atoms with Gasteiger partial charge in [0, 0.05) is 37.7 Å². The molecule has 8 nitrogen and oxygen atoms in total. The Morgan fingerprint density at radius 2 is 2.13 bits per heavy atom. The molecule has 166 valence electrons. The number of fused-ring (bicyclic) bond motifs is 1. The number of nitrogen functional groups attached to an aromatic ring is 1. The van der Waals surface area contributed by atoms with Gasteiger partial charge in [-0.25, -0.2) is 19.0 Å². The molecular formula is C21H26ClFN6O2. The van der Waals surface area contributed by atoms with Gasteiger partial charge in [0.05, 0.1) is 29.3 Å². The van der Waals surface area contributed by atoms with Crippen molar-refractivity contribution >= 4 is 28.5 Å². The molecule has 3 N–H and O–H groups in total. The maximum absolute atomic E-state index is 15.0. The van der Waals surface area contributed by atoms with Crippen molar-refractivity contribution in [2.24, 2.45) is 0 Å². The quantitative estimate of drug-likeness (QED) is 0.572. The van der Waals surface area contributed by atoms with Gasteiger partial charge in [-0.3, -0.25) is 4.90 Å². The second-order valence-corrected chi connectivity index (χ2v) is 8.47. The van der Waals surface area contributed by atoms with E-state index in [1.54, 1.807) is 24.8 Å². The molecule has 3 heterocycles. The smallest absolute Gasteiger partial charge is 0.163 e. The Morgan fingerprint density at radius 1 is 1.39 bits per heavy atom. The van der Waals surface area contributed by atoms with E-state index in [-0.39, 0.29) is 10.9 Å². The zero-order chi connectivity index (χ0) is 22.3. The third-order valence-electron chi connectivity index (χ3n) is 5.70. The highest BCUT2D eigenvalue weighted by Crippen LogP contribution is 2.41. The number of nitrogens with zero attached hydrogens (tertiary/aromatic N) is 5. The van der Waals surface area contributed by atoms with Crippen LogP contribution in [0.4, 0.5) is 10.2 Å². The topological polar surface area (TPSA) is 102 Å². The average Bonchev–Trinajstić information content (AvgIpc) is 3.02. The molecule has 0 unspecified atom stereocenters. The molecule has 0 aliphatic carbocycles. The number of aromatic nitrogens is 4. The summed E-state index contributed by atoms with van der Waals surface area (Å²) in [5.41, 5.74) is 8.69. The van der Waals surface area contributed by atoms with Crippen LogP contribution in [0.3, 0.4) is 0 Å². The van der Waals surface area contributed by atoms with Crippen molar-refractivity contribution in [3.63, 3.8) is 0 Å². The Labute approximate surface area is 184 Å². The maximum atomic E-state index is 15.0. The number of benzene rings is 1. The van der Waals surface area contributed by atoms with Gasteiger partial charge in [-0.15, -0.1) is 0 Å². The first-order chi connectivity index (χ1) is 14.8. The molecule has 31 heavy (non-hydrogen) atoms. The molecule has 1 saturated heterocycles. The minimum absolute atomic E-state index is 0.0357. The first kappa shape index (κ1) is 21.7. The summed E-state index contributed by atoms with van der Waals surface area (Å²) >= 11 is 6.25. The molecule has 1 atom stereocenters. The summed E-state index contributed by atoms with van der Waals surface area (Å²) in [5.74, 6) is 0.437. The summed E-state index contributed by atoms with van der Waals surface area (Å²) in [6.45, 7) is 5.96. The van der Waals surface area contributed by atoms with E-state index in [0.717, 1.165) is 16.6 Å². The lowest BCUT2D eigenvalue weighted by atomic mass is 9.88. The molecule has 4 rings (SSSR count). The molecule has 0 spiro atoms. The van der Waals surface area contributed by atoms with Gasteiger partial charge in [-0.1, -0.05) is 11.6 Å². The van der Waals surface area contributed by atoms with Gasteiger partial charge in [0.1, 0.15) is 23.7 Å². The van der Waals surface area contributed by atoms with Crippen molar-refractivity contribution in [3.8, 4) is 5.75 Å². The van der Waals surface area contributed by atoms with Crippen LogP contribution in [0.2, 0.25) is 5.02 Å². The second-order valence-electron chi connectivity index (χ2n) is 8.06. The summed E-state index contributed by atoms with van der Waals surface area (Å²) in [4.78, 5) is 10.4. The van der Waals surface area contributed by atoms with Crippen molar-refractivity contribution in [2.75, 3.05) is 32.5 Å². The van der Waals surface area contributed by atoms with Crippen molar-refractivity contribution in [2.45, 2.75) is 38.8 Å². The Morgan fingerprint density at radius 3 is 2.81 bits per heavy atom. The zero-order valence-electron chi connectivity index (χ0n) is 17.8. The number of halogens is 2. The number of anilines is 1. The fourth-order valence-corrected chi connectivity index (χ4v) is 4.58. The Balaban J connectivity index is 1.61. The van der Waals surface area contributed by atoms with E-state index in [4.69, 9.17) is 22.1 Å². The lowest BCUT2D eigenvalue weighted by molar-refractivity contribution is 0.0724. The minimum Gasteiger partial charge on any atom is -0.496 e. The number of methoxy groups -OCH3 is 1. The number of hydrogen-bond acceptors (Lipinski definition) is 7. The molecule has 3 aromatic rings. The SMILES string of the molecule is COc1c(CCn2nc(C)c3c(N)ncnc32)cc(Cl)c(F)c1C1CN(C[C@@H](C)O)C1. The third-order valence-corrected chi connectivity index (χ3v) is 5.98. The molecule has 1 aromatic carbocycles. The molecule has 0 amide bonds. The van der Waals surface area contributed by atoms with E-state index < -0.39 is 11.9 Å². The Kier molecular flexibility index (Phi) is 6.00. The number of ether oxygens (including phenoxy) is 1. The maximum Gasteiger partial charge on any atom is 0.163 e. The average molecular weight is 449 g/mol. The Bertz CT molecular complexity index is 1110. The molecule has 1 fully saturated rings. The number of hydrogen-bond donors (Lipinski definition) is 2. The van der Waals surface area contributed by atoms with Crippen LogP contribution in [0.25, 0.3) is 11.0 Å². The number of β-amino-alcohol motifs (C(OH)–C–C–N with tert-alkyl or cyclic N) is 1. The Hall–Kier alpha value is -2.49. The summed E-state index contributed by atoms with van der Waals surface area (Å²) in [6.07, 6.45) is 1.52. The molecule has 1 aliphatic heterocycles. The van der Waals surface area contributed by atoms with E-state index in [2.05, 4.69) is 20.0 Å². The highest BCUT2D eigenvalue weighted by atomic mass is 35.5. The van der Waals surface area contributed by atoms with Crippen molar-refractivity contribution in [1.29, 1.82) is 0 Å². The van der Waals surface area contributed by atoms with Gasteiger partial charge in [0.25, 0.3) is 0 Å². The first-order valence-electron chi connectivity index (χ1n) is 10.2. The van der Waals surface area contributed by atoms with Crippen LogP contribution < -0.4 is 10.5 Å². The molecule has 10 heteroatoms. The lowest BCUT2D eigenvalue weighted by Gasteiger charge is -2.41. The van der Waals surface area contributed by atoms with E-state index in [1.165, 1.54) is 6.33 Å². The van der Waals surface area contributed by atoms with E-state index in [0.29, 0.717) is 55.4 Å². The highest BCUT2D eigenvalue weighted by Gasteiger charge is 2.34. The number of nitrogens with two attached hydrogens (primary N) is 1. The summed E-state index contributed by atoms with van der Waals surface area (Å²) in [7, 11) is 1.54. The van der Waals surface area contributed by atoms with Crippen LogP contribution in [0, 0.1) is 12.7 Å². The highest BCUT2D eigenvalue weighted by molar-refractivity contribution is 6.31. The standard InChI is InChI=1S/C21H26ClFN6O2/c1-11(30)7-28-8-14(9-28)17-18(23)15(22)6-13(19(17)31-3)4-5-29-21-16(12(2)27-29)20(24)25-10-26-21/h6,10-11,14,30H,4-5,7-9H2,1-3H3,(H2,24,25,26)/t11-/m1/s1. The molecule has 0 bridgehead atoms. The number of aliphatic hydroxyl groups is 1. The van der Waals surface area contributed by atoms with E-state index >= 15 is 0 Å². The molecule has 1 aliphatic rings. The van der Waals surface area contributed by atoms with Gasteiger partial charge >= 0.3 is 0 Å². The van der Waals surface area contributed by atoms with Crippen LogP contribution in [-0.2, 0) is 13.0 Å².